The van der Waals surface area contributed by atoms with Crippen LogP contribution in [-0.2, 0) is 6.54 Å². The predicted molar refractivity (Wildman–Crippen MR) is 67.5 cm³/mol. The van der Waals surface area contributed by atoms with Crippen molar-refractivity contribution in [2.75, 3.05) is 18.0 Å². The van der Waals surface area contributed by atoms with Gasteiger partial charge in [-0.15, -0.1) is 0 Å². The van der Waals surface area contributed by atoms with Crippen LogP contribution < -0.4 is 10.6 Å². The standard InChI is InChI=1S/C13H21N3/c1-10-4-3-7-16(9-10)13-12(8-14)11(2)5-6-15-13/h5-6,10H,3-4,7-9,14H2,1-2H3. The first-order chi connectivity index (χ1) is 7.72. The Kier molecular flexibility index (Phi) is 3.44. The van der Waals surface area contributed by atoms with Crippen molar-refractivity contribution >= 4 is 5.82 Å². The quantitative estimate of drug-likeness (QED) is 0.828. The van der Waals surface area contributed by atoms with E-state index in [0.29, 0.717) is 6.54 Å². The number of pyridine rings is 1. The molecule has 1 unspecified atom stereocenters. The topological polar surface area (TPSA) is 42.2 Å². The van der Waals surface area contributed by atoms with E-state index in [9.17, 15) is 0 Å². The smallest absolute Gasteiger partial charge is 0.133 e. The largest absolute Gasteiger partial charge is 0.356 e. The zero-order chi connectivity index (χ0) is 11.5. The molecule has 2 heterocycles. The maximum Gasteiger partial charge on any atom is 0.133 e. The molecule has 1 aromatic rings. The first-order valence-electron chi connectivity index (χ1n) is 6.12. The van der Waals surface area contributed by atoms with Gasteiger partial charge in [0.2, 0.25) is 0 Å². The van der Waals surface area contributed by atoms with Crippen LogP contribution in [0.15, 0.2) is 12.3 Å². The summed E-state index contributed by atoms with van der Waals surface area (Å²) in [5.41, 5.74) is 8.29. The van der Waals surface area contributed by atoms with Crippen LogP contribution in [0.25, 0.3) is 0 Å². The van der Waals surface area contributed by atoms with Crippen molar-refractivity contribution < 1.29 is 0 Å². The summed E-state index contributed by atoms with van der Waals surface area (Å²) in [6, 6.07) is 2.04. The van der Waals surface area contributed by atoms with Gasteiger partial charge in [0.15, 0.2) is 0 Å². The number of rotatable bonds is 2. The summed E-state index contributed by atoms with van der Waals surface area (Å²) in [7, 11) is 0. The molecule has 2 rings (SSSR count). The number of hydrogen-bond acceptors (Lipinski definition) is 3. The van der Waals surface area contributed by atoms with Gasteiger partial charge in [-0.1, -0.05) is 6.92 Å². The lowest BCUT2D eigenvalue weighted by Gasteiger charge is -2.33. The predicted octanol–water partition coefficient (Wildman–Crippen LogP) is 2.09. The zero-order valence-electron chi connectivity index (χ0n) is 10.2. The van der Waals surface area contributed by atoms with Crippen LogP contribution in [0.1, 0.15) is 30.9 Å². The van der Waals surface area contributed by atoms with Crippen LogP contribution in [0, 0.1) is 12.8 Å². The average molecular weight is 219 g/mol. The summed E-state index contributed by atoms with van der Waals surface area (Å²) in [6.07, 6.45) is 4.49. The highest BCUT2D eigenvalue weighted by Crippen LogP contribution is 2.25. The first kappa shape index (κ1) is 11.4. The molecule has 1 aliphatic rings. The highest BCUT2D eigenvalue weighted by atomic mass is 15.2. The van der Waals surface area contributed by atoms with Crippen LogP contribution >= 0.6 is 0 Å². The Morgan fingerprint density at radius 2 is 2.38 bits per heavy atom. The second-order valence-electron chi connectivity index (χ2n) is 4.83. The summed E-state index contributed by atoms with van der Waals surface area (Å²) in [5, 5.41) is 0. The highest BCUT2D eigenvalue weighted by molar-refractivity contribution is 5.50. The molecule has 1 atom stereocenters. The molecule has 2 N–H and O–H groups in total. The number of aromatic nitrogens is 1. The van der Waals surface area contributed by atoms with E-state index in [4.69, 9.17) is 5.73 Å². The van der Waals surface area contributed by atoms with E-state index in [-0.39, 0.29) is 0 Å². The monoisotopic (exact) mass is 219 g/mol. The molecular formula is C13H21N3. The van der Waals surface area contributed by atoms with Gasteiger partial charge >= 0.3 is 0 Å². The van der Waals surface area contributed by atoms with Gasteiger partial charge in [0.1, 0.15) is 5.82 Å². The maximum absolute atomic E-state index is 5.83. The van der Waals surface area contributed by atoms with Gasteiger partial charge in [0, 0.05) is 31.4 Å². The third-order valence-electron chi connectivity index (χ3n) is 3.43. The lowest BCUT2D eigenvalue weighted by atomic mass is 9.99. The van der Waals surface area contributed by atoms with Crippen LogP contribution in [0.3, 0.4) is 0 Å². The molecule has 3 nitrogen and oxygen atoms in total. The summed E-state index contributed by atoms with van der Waals surface area (Å²) in [5.74, 6) is 1.87. The number of anilines is 1. The second-order valence-corrected chi connectivity index (χ2v) is 4.83. The molecule has 0 bridgehead atoms. The number of piperidine rings is 1. The Morgan fingerprint density at radius 3 is 3.06 bits per heavy atom. The molecule has 1 fully saturated rings. The number of aryl methyl sites for hydroxylation is 1. The maximum atomic E-state index is 5.83. The van der Waals surface area contributed by atoms with E-state index in [1.165, 1.54) is 24.0 Å². The molecule has 1 aliphatic heterocycles. The fourth-order valence-corrected chi connectivity index (χ4v) is 2.48. The first-order valence-corrected chi connectivity index (χ1v) is 6.12. The lowest BCUT2D eigenvalue weighted by Crippen LogP contribution is -2.35. The molecule has 0 saturated carbocycles. The minimum absolute atomic E-state index is 0.583. The van der Waals surface area contributed by atoms with E-state index in [1.807, 2.05) is 12.3 Å². The minimum atomic E-state index is 0.583. The second kappa shape index (κ2) is 4.83. The molecule has 3 heteroatoms. The Bertz CT molecular complexity index is 362. The number of hydrogen-bond donors (Lipinski definition) is 1. The van der Waals surface area contributed by atoms with Crippen molar-refractivity contribution in [1.82, 2.24) is 4.98 Å². The van der Waals surface area contributed by atoms with Gasteiger partial charge in [-0.05, 0) is 37.3 Å². The Labute approximate surface area is 97.7 Å². The minimum Gasteiger partial charge on any atom is -0.356 e. The van der Waals surface area contributed by atoms with Crippen molar-refractivity contribution in [3.63, 3.8) is 0 Å². The SMILES string of the molecule is Cc1ccnc(N2CCCC(C)C2)c1CN. The van der Waals surface area contributed by atoms with Crippen LogP contribution in [0.5, 0.6) is 0 Å². The van der Waals surface area contributed by atoms with E-state index in [1.54, 1.807) is 0 Å². The van der Waals surface area contributed by atoms with E-state index < -0.39 is 0 Å². The molecule has 0 radical (unpaired) electrons. The summed E-state index contributed by atoms with van der Waals surface area (Å²) in [4.78, 5) is 6.91. The van der Waals surface area contributed by atoms with Crippen LogP contribution in [-0.4, -0.2) is 18.1 Å². The normalized spacial score (nSPS) is 21.2. The third-order valence-corrected chi connectivity index (χ3v) is 3.43. The Balaban J connectivity index is 2.28. The van der Waals surface area contributed by atoms with Crippen LogP contribution in [0.2, 0.25) is 0 Å². The third kappa shape index (κ3) is 2.19. The van der Waals surface area contributed by atoms with E-state index in [2.05, 4.69) is 23.7 Å². The molecule has 1 saturated heterocycles. The van der Waals surface area contributed by atoms with Gasteiger partial charge in [-0.3, -0.25) is 0 Å². The molecule has 0 aromatic carbocycles. The highest BCUT2D eigenvalue weighted by Gasteiger charge is 2.20. The van der Waals surface area contributed by atoms with Crippen molar-refractivity contribution in [2.24, 2.45) is 11.7 Å². The van der Waals surface area contributed by atoms with E-state index >= 15 is 0 Å². The Morgan fingerprint density at radius 1 is 1.56 bits per heavy atom. The average Bonchev–Trinajstić information content (AvgIpc) is 2.28. The van der Waals surface area contributed by atoms with Gasteiger partial charge in [0.25, 0.3) is 0 Å². The molecule has 0 spiro atoms. The van der Waals surface area contributed by atoms with Gasteiger partial charge in [-0.25, -0.2) is 4.98 Å². The molecule has 0 amide bonds. The lowest BCUT2D eigenvalue weighted by molar-refractivity contribution is 0.444. The molecule has 88 valence electrons. The summed E-state index contributed by atoms with van der Waals surface area (Å²) < 4.78 is 0. The Hall–Kier alpha value is -1.09. The molecule has 0 aliphatic carbocycles. The van der Waals surface area contributed by atoms with Crippen molar-refractivity contribution in [1.29, 1.82) is 0 Å². The van der Waals surface area contributed by atoms with Gasteiger partial charge in [-0.2, -0.15) is 0 Å². The van der Waals surface area contributed by atoms with Gasteiger partial charge in [0.05, 0.1) is 0 Å². The van der Waals surface area contributed by atoms with Crippen molar-refractivity contribution in [3.8, 4) is 0 Å². The fraction of sp³-hybridized carbons (Fsp3) is 0.615. The van der Waals surface area contributed by atoms with Crippen molar-refractivity contribution in [2.45, 2.75) is 33.2 Å². The van der Waals surface area contributed by atoms with Crippen LogP contribution in [0.4, 0.5) is 5.82 Å². The van der Waals surface area contributed by atoms with E-state index in [0.717, 1.165) is 24.8 Å². The fourth-order valence-electron chi connectivity index (χ4n) is 2.48. The number of nitrogens with two attached hydrogens (primary N) is 1. The van der Waals surface area contributed by atoms with Gasteiger partial charge < -0.3 is 10.6 Å². The van der Waals surface area contributed by atoms with Crippen molar-refractivity contribution in [3.05, 3.63) is 23.4 Å². The summed E-state index contributed by atoms with van der Waals surface area (Å²) in [6.45, 7) is 7.24. The zero-order valence-corrected chi connectivity index (χ0v) is 10.2. The number of nitrogens with zero attached hydrogens (tertiary/aromatic N) is 2. The molecule has 16 heavy (non-hydrogen) atoms. The molecular weight excluding hydrogens is 198 g/mol. The summed E-state index contributed by atoms with van der Waals surface area (Å²) >= 11 is 0. The molecule has 1 aromatic heterocycles.